The van der Waals surface area contributed by atoms with Crippen molar-refractivity contribution in [2.24, 2.45) is 11.7 Å². The van der Waals surface area contributed by atoms with E-state index in [1.165, 1.54) is 0 Å². The third-order valence-electron chi connectivity index (χ3n) is 4.86. The molecule has 22 heavy (non-hydrogen) atoms. The van der Waals surface area contributed by atoms with Gasteiger partial charge in [-0.25, -0.2) is 0 Å². The van der Waals surface area contributed by atoms with Gasteiger partial charge in [-0.2, -0.15) is 13.2 Å². The van der Waals surface area contributed by atoms with Crippen LogP contribution in [0.1, 0.15) is 45.4 Å². The fraction of sp³-hybridized carbons (Fsp3) is 0.929. The maximum Gasteiger partial charge on any atom is 0.418 e. The number of likely N-dealkylation sites (tertiary alicyclic amines) is 1. The quantitative estimate of drug-likeness (QED) is 0.766. The Morgan fingerprint density at radius 1 is 1.27 bits per heavy atom. The van der Waals surface area contributed by atoms with Gasteiger partial charge < -0.3 is 15.7 Å². The number of aliphatic hydroxyl groups is 1. The molecule has 0 bridgehead atoms. The number of carbonyl (C=O) groups excluding carboxylic acids is 1. The van der Waals surface area contributed by atoms with Gasteiger partial charge in [0, 0.05) is 12.1 Å². The molecule has 1 saturated heterocycles. The second-order valence-corrected chi connectivity index (χ2v) is 6.70. The minimum absolute atomic E-state index is 0. The van der Waals surface area contributed by atoms with Crippen LogP contribution in [-0.4, -0.2) is 46.3 Å². The molecular weight excluding hydrogens is 321 g/mol. The van der Waals surface area contributed by atoms with Gasteiger partial charge in [0.15, 0.2) is 5.60 Å². The van der Waals surface area contributed by atoms with E-state index in [9.17, 15) is 23.1 Å². The molecular formula is C14H24ClF3N2O2. The molecule has 2 fully saturated rings. The van der Waals surface area contributed by atoms with Crippen LogP contribution in [0.4, 0.5) is 13.2 Å². The highest BCUT2D eigenvalue weighted by molar-refractivity contribution is 5.85. The summed E-state index contributed by atoms with van der Waals surface area (Å²) < 4.78 is 38.8. The summed E-state index contributed by atoms with van der Waals surface area (Å²) in [7, 11) is 0. The third kappa shape index (κ3) is 3.68. The Morgan fingerprint density at radius 3 is 2.45 bits per heavy atom. The number of amides is 1. The summed E-state index contributed by atoms with van der Waals surface area (Å²) in [5.74, 6) is -0.802. The predicted octanol–water partition coefficient (Wildman–Crippen LogP) is 2.23. The lowest BCUT2D eigenvalue weighted by Crippen LogP contribution is -2.61. The molecule has 1 saturated carbocycles. The first kappa shape index (κ1) is 19.5. The Hall–Kier alpha value is -0.530. The molecule has 1 aliphatic carbocycles. The summed E-state index contributed by atoms with van der Waals surface area (Å²) in [6, 6.07) is 0. The fourth-order valence-corrected chi connectivity index (χ4v) is 3.44. The summed E-state index contributed by atoms with van der Waals surface area (Å²) in [4.78, 5) is 13.7. The SMILES string of the molecule is CC1(N)CCCCC1C(=O)N1CCCC(O)(C(F)(F)F)C1.Cl. The molecule has 3 N–H and O–H groups in total. The smallest absolute Gasteiger partial charge is 0.379 e. The minimum Gasteiger partial charge on any atom is -0.379 e. The third-order valence-corrected chi connectivity index (χ3v) is 4.86. The highest BCUT2D eigenvalue weighted by Gasteiger charge is 2.56. The van der Waals surface area contributed by atoms with E-state index < -0.39 is 29.8 Å². The highest BCUT2D eigenvalue weighted by Crippen LogP contribution is 2.39. The summed E-state index contributed by atoms with van der Waals surface area (Å²) in [5.41, 5.74) is 2.68. The molecule has 0 aromatic heterocycles. The Labute approximate surface area is 134 Å². The lowest BCUT2D eigenvalue weighted by atomic mass is 9.73. The number of hydrogen-bond acceptors (Lipinski definition) is 3. The molecule has 8 heteroatoms. The van der Waals surface area contributed by atoms with Crippen molar-refractivity contribution in [2.75, 3.05) is 13.1 Å². The molecule has 0 aromatic carbocycles. The molecule has 1 aliphatic heterocycles. The minimum atomic E-state index is -4.72. The van der Waals surface area contributed by atoms with Gasteiger partial charge in [-0.05, 0) is 32.6 Å². The van der Waals surface area contributed by atoms with Crippen LogP contribution in [0.2, 0.25) is 0 Å². The van der Waals surface area contributed by atoms with Gasteiger partial charge in [0.25, 0.3) is 0 Å². The second-order valence-electron chi connectivity index (χ2n) is 6.70. The molecule has 1 heterocycles. The Bertz CT molecular complexity index is 417. The molecule has 4 nitrogen and oxygen atoms in total. The van der Waals surface area contributed by atoms with Crippen LogP contribution in [0.25, 0.3) is 0 Å². The monoisotopic (exact) mass is 344 g/mol. The molecule has 0 radical (unpaired) electrons. The standard InChI is InChI=1S/C14H23F3N2O2.ClH/c1-12(18)6-3-2-5-10(12)11(20)19-8-4-7-13(21,9-19)14(15,16)17;/h10,21H,2-9,18H2,1H3;1H. The van der Waals surface area contributed by atoms with Crippen LogP contribution in [0.5, 0.6) is 0 Å². The molecule has 3 unspecified atom stereocenters. The van der Waals surface area contributed by atoms with Gasteiger partial charge in [-0.3, -0.25) is 4.79 Å². The molecule has 2 aliphatic rings. The van der Waals surface area contributed by atoms with Gasteiger partial charge in [-0.1, -0.05) is 12.8 Å². The van der Waals surface area contributed by atoms with E-state index in [-0.39, 0.29) is 37.7 Å². The first-order valence-electron chi connectivity index (χ1n) is 7.44. The molecule has 3 atom stereocenters. The largest absolute Gasteiger partial charge is 0.418 e. The molecule has 0 spiro atoms. The van der Waals surface area contributed by atoms with Crippen molar-refractivity contribution >= 4 is 18.3 Å². The number of β-amino-alcohol motifs (C(OH)–C–C–N with tert-alkyl or cyclic N) is 1. The lowest BCUT2D eigenvalue weighted by Gasteiger charge is -2.44. The maximum atomic E-state index is 12.9. The number of nitrogens with zero attached hydrogens (tertiary/aromatic N) is 1. The topological polar surface area (TPSA) is 66.6 Å². The van der Waals surface area contributed by atoms with E-state index in [2.05, 4.69) is 0 Å². The van der Waals surface area contributed by atoms with Crippen molar-refractivity contribution in [2.45, 2.75) is 62.8 Å². The summed E-state index contributed by atoms with van der Waals surface area (Å²) in [6.45, 7) is 1.36. The Morgan fingerprint density at radius 2 is 1.91 bits per heavy atom. The normalized spacial score (nSPS) is 36.6. The molecule has 130 valence electrons. The first-order valence-corrected chi connectivity index (χ1v) is 7.44. The maximum absolute atomic E-state index is 12.9. The van der Waals surface area contributed by atoms with E-state index in [0.717, 1.165) is 17.7 Å². The van der Waals surface area contributed by atoms with E-state index >= 15 is 0 Å². The molecule has 2 rings (SSSR count). The number of piperidine rings is 1. The van der Waals surface area contributed by atoms with Crippen molar-refractivity contribution in [3.05, 3.63) is 0 Å². The van der Waals surface area contributed by atoms with Crippen LogP contribution in [-0.2, 0) is 4.79 Å². The van der Waals surface area contributed by atoms with Crippen LogP contribution in [0, 0.1) is 5.92 Å². The van der Waals surface area contributed by atoms with E-state index in [4.69, 9.17) is 5.73 Å². The van der Waals surface area contributed by atoms with Crippen molar-refractivity contribution in [1.29, 1.82) is 0 Å². The first-order chi connectivity index (χ1) is 9.57. The van der Waals surface area contributed by atoms with Crippen molar-refractivity contribution in [1.82, 2.24) is 4.90 Å². The summed E-state index contributed by atoms with van der Waals surface area (Å²) in [5, 5.41) is 9.81. The lowest BCUT2D eigenvalue weighted by molar-refractivity contribution is -0.273. The van der Waals surface area contributed by atoms with Crippen molar-refractivity contribution < 1.29 is 23.1 Å². The van der Waals surface area contributed by atoms with Crippen LogP contribution in [0.15, 0.2) is 0 Å². The number of nitrogens with two attached hydrogens (primary N) is 1. The van der Waals surface area contributed by atoms with Crippen LogP contribution >= 0.6 is 12.4 Å². The number of rotatable bonds is 1. The average Bonchev–Trinajstić information content (AvgIpc) is 2.36. The summed E-state index contributed by atoms with van der Waals surface area (Å²) >= 11 is 0. The number of hydrogen-bond donors (Lipinski definition) is 2. The van der Waals surface area contributed by atoms with E-state index in [1.807, 2.05) is 0 Å². The van der Waals surface area contributed by atoms with E-state index in [1.54, 1.807) is 6.92 Å². The highest BCUT2D eigenvalue weighted by atomic mass is 35.5. The Balaban J connectivity index is 0.00000242. The van der Waals surface area contributed by atoms with Gasteiger partial charge in [0.05, 0.1) is 12.5 Å². The number of carbonyl (C=O) groups is 1. The van der Waals surface area contributed by atoms with Crippen LogP contribution < -0.4 is 5.73 Å². The van der Waals surface area contributed by atoms with Gasteiger partial charge >= 0.3 is 6.18 Å². The van der Waals surface area contributed by atoms with Crippen molar-refractivity contribution in [3.63, 3.8) is 0 Å². The average molecular weight is 345 g/mol. The molecule has 0 aromatic rings. The zero-order valence-corrected chi connectivity index (χ0v) is 13.5. The predicted molar refractivity (Wildman–Crippen MR) is 78.6 cm³/mol. The zero-order chi connectivity index (χ0) is 15.9. The second kappa shape index (κ2) is 6.53. The summed E-state index contributed by atoms with van der Waals surface area (Å²) in [6.07, 6.45) is -1.83. The molecule has 1 amide bonds. The number of halogens is 4. The van der Waals surface area contributed by atoms with Crippen LogP contribution in [0.3, 0.4) is 0 Å². The zero-order valence-electron chi connectivity index (χ0n) is 12.7. The van der Waals surface area contributed by atoms with Crippen molar-refractivity contribution in [3.8, 4) is 0 Å². The Kier molecular flexibility index (Phi) is 5.79. The van der Waals surface area contributed by atoms with Gasteiger partial charge in [0.1, 0.15) is 0 Å². The van der Waals surface area contributed by atoms with Gasteiger partial charge in [0.2, 0.25) is 5.91 Å². The number of alkyl halides is 3. The van der Waals surface area contributed by atoms with E-state index in [0.29, 0.717) is 12.8 Å². The fourth-order valence-electron chi connectivity index (χ4n) is 3.44. The van der Waals surface area contributed by atoms with Gasteiger partial charge in [-0.15, -0.1) is 12.4 Å².